The lowest BCUT2D eigenvalue weighted by atomic mass is 9.55. The van der Waals surface area contributed by atoms with Crippen molar-refractivity contribution in [3.8, 4) is 0 Å². The molecule has 0 N–H and O–H groups in total. The van der Waals surface area contributed by atoms with Crippen LogP contribution in [0.1, 0.15) is 58.3 Å². The number of piperidine rings is 2. The lowest BCUT2D eigenvalue weighted by Gasteiger charge is -2.60. The van der Waals surface area contributed by atoms with E-state index in [0.717, 1.165) is 25.7 Å². The molecule has 0 radical (unpaired) electrons. The zero-order valence-corrected chi connectivity index (χ0v) is 14.0. The highest BCUT2D eigenvalue weighted by Crippen LogP contribution is 2.56. The first kappa shape index (κ1) is 14.2. The second-order valence-corrected chi connectivity index (χ2v) is 8.73. The van der Waals surface area contributed by atoms with E-state index in [0.29, 0.717) is 41.4 Å². The van der Waals surface area contributed by atoms with Gasteiger partial charge in [-0.05, 0) is 50.9 Å². The summed E-state index contributed by atoms with van der Waals surface area (Å²) >= 11 is 0. The fourth-order valence-electron chi connectivity index (χ4n) is 6.80. The molecule has 23 heavy (non-hydrogen) atoms. The first-order valence-electron chi connectivity index (χ1n) is 9.71. The number of allylic oxidation sites excluding steroid dienone is 2. The molecule has 3 nitrogen and oxygen atoms in total. The highest BCUT2D eigenvalue weighted by atomic mass is 16.1. The minimum Gasteiger partial charge on any atom is -0.368 e. The van der Waals surface area contributed by atoms with E-state index in [4.69, 9.17) is 0 Å². The Morgan fingerprint density at radius 3 is 2.74 bits per heavy atom. The van der Waals surface area contributed by atoms with Crippen molar-refractivity contribution < 1.29 is 9.59 Å². The molecule has 124 valence electrons. The van der Waals surface area contributed by atoms with Gasteiger partial charge in [-0.3, -0.25) is 9.59 Å². The quantitative estimate of drug-likeness (QED) is 0.688. The van der Waals surface area contributed by atoms with Gasteiger partial charge in [0.15, 0.2) is 5.78 Å². The molecule has 0 aromatic rings. The number of hydrogen-bond donors (Lipinski definition) is 0. The molecule has 0 spiro atoms. The van der Waals surface area contributed by atoms with Gasteiger partial charge in [-0.25, -0.2) is 0 Å². The van der Waals surface area contributed by atoms with E-state index in [-0.39, 0.29) is 11.8 Å². The van der Waals surface area contributed by atoms with Gasteiger partial charge in [0, 0.05) is 48.0 Å². The van der Waals surface area contributed by atoms with Crippen LogP contribution in [0.5, 0.6) is 0 Å². The van der Waals surface area contributed by atoms with Crippen LogP contribution < -0.4 is 0 Å². The Morgan fingerprint density at radius 2 is 1.87 bits per heavy atom. The maximum atomic E-state index is 12.8. The number of carbonyl (C=O) groups excluding carboxylic acids is 2. The van der Waals surface area contributed by atoms with Crippen molar-refractivity contribution in [2.45, 2.75) is 70.4 Å². The third-order valence-electron chi connectivity index (χ3n) is 7.70. The van der Waals surface area contributed by atoms with Gasteiger partial charge in [0.2, 0.25) is 0 Å². The molecule has 5 rings (SSSR count). The summed E-state index contributed by atoms with van der Waals surface area (Å²) in [5.74, 6) is 2.91. The van der Waals surface area contributed by atoms with Crippen LogP contribution in [-0.2, 0) is 9.59 Å². The van der Waals surface area contributed by atoms with Crippen molar-refractivity contribution in [1.29, 1.82) is 0 Å². The van der Waals surface area contributed by atoms with Crippen molar-refractivity contribution in [2.75, 3.05) is 0 Å². The molecule has 2 heterocycles. The Labute approximate surface area is 138 Å². The first-order chi connectivity index (χ1) is 11.1. The summed E-state index contributed by atoms with van der Waals surface area (Å²) in [5, 5.41) is 0. The number of fused-ring (bicyclic) bond motifs is 6. The van der Waals surface area contributed by atoms with Crippen molar-refractivity contribution in [3.63, 3.8) is 0 Å². The summed E-state index contributed by atoms with van der Waals surface area (Å²) in [6.45, 7) is 2.30. The zero-order valence-electron chi connectivity index (χ0n) is 14.0. The Morgan fingerprint density at radius 1 is 1.04 bits per heavy atom. The molecule has 0 aromatic heterocycles. The number of rotatable bonds is 0. The summed E-state index contributed by atoms with van der Waals surface area (Å²) in [6.07, 6.45) is 10.9. The molecule has 5 aliphatic rings. The van der Waals surface area contributed by atoms with Gasteiger partial charge in [-0.15, -0.1) is 0 Å². The van der Waals surface area contributed by atoms with Crippen LogP contribution in [0.3, 0.4) is 0 Å². The highest BCUT2D eigenvalue weighted by molar-refractivity contribution is 5.94. The number of hydrogen-bond acceptors (Lipinski definition) is 3. The first-order valence-corrected chi connectivity index (χ1v) is 9.71. The van der Waals surface area contributed by atoms with Gasteiger partial charge in [0.25, 0.3) is 0 Å². The summed E-state index contributed by atoms with van der Waals surface area (Å²) in [4.78, 5) is 28.0. The van der Waals surface area contributed by atoms with E-state index in [2.05, 4.69) is 11.8 Å². The minimum atomic E-state index is 0.239. The van der Waals surface area contributed by atoms with Crippen molar-refractivity contribution in [3.05, 3.63) is 11.8 Å². The number of Topliss-reactive ketones (excluding diaryl/α,β-unsaturated/α-hetero) is 1. The zero-order chi connectivity index (χ0) is 15.7. The van der Waals surface area contributed by atoms with Gasteiger partial charge >= 0.3 is 0 Å². The molecule has 2 saturated heterocycles. The molecule has 1 unspecified atom stereocenters. The molecular formula is C20H27NO2. The maximum absolute atomic E-state index is 12.8. The van der Waals surface area contributed by atoms with E-state index in [1.807, 2.05) is 6.08 Å². The van der Waals surface area contributed by atoms with Crippen molar-refractivity contribution >= 4 is 11.6 Å². The van der Waals surface area contributed by atoms with Gasteiger partial charge in [-0.1, -0.05) is 12.8 Å². The van der Waals surface area contributed by atoms with Gasteiger partial charge in [-0.2, -0.15) is 0 Å². The number of ketones is 2. The van der Waals surface area contributed by atoms with Crippen LogP contribution in [0, 0.1) is 29.6 Å². The summed E-state index contributed by atoms with van der Waals surface area (Å²) in [5.41, 5.74) is 1.34. The Hall–Kier alpha value is -1.12. The van der Waals surface area contributed by atoms with Crippen LogP contribution in [0.15, 0.2) is 11.8 Å². The lowest BCUT2D eigenvalue weighted by molar-refractivity contribution is -0.140. The monoisotopic (exact) mass is 313 g/mol. The van der Waals surface area contributed by atoms with Crippen LogP contribution in [0.2, 0.25) is 0 Å². The molecule has 2 saturated carbocycles. The van der Waals surface area contributed by atoms with E-state index in [1.165, 1.54) is 31.4 Å². The predicted molar refractivity (Wildman–Crippen MR) is 87.6 cm³/mol. The van der Waals surface area contributed by atoms with Crippen molar-refractivity contribution in [2.24, 2.45) is 29.6 Å². The lowest BCUT2D eigenvalue weighted by Crippen LogP contribution is -2.62. The van der Waals surface area contributed by atoms with Crippen LogP contribution in [0.4, 0.5) is 0 Å². The Kier molecular flexibility index (Phi) is 3.06. The fourth-order valence-corrected chi connectivity index (χ4v) is 6.80. The van der Waals surface area contributed by atoms with E-state index < -0.39 is 0 Å². The number of nitrogens with zero attached hydrogens (tertiary/aromatic N) is 1. The third kappa shape index (κ3) is 1.88. The second-order valence-electron chi connectivity index (χ2n) is 8.73. The summed E-state index contributed by atoms with van der Waals surface area (Å²) in [6, 6.07) is 0.880. The molecule has 4 fully saturated rings. The molecule has 7 atom stereocenters. The van der Waals surface area contributed by atoms with E-state index in [1.54, 1.807) is 0 Å². The minimum absolute atomic E-state index is 0.239. The van der Waals surface area contributed by atoms with Gasteiger partial charge < -0.3 is 4.90 Å². The van der Waals surface area contributed by atoms with Crippen molar-refractivity contribution in [1.82, 2.24) is 4.90 Å². The third-order valence-corrected chi connectivity index (χ3v) is 7.70. The van der Waals surface area contributed by atoms with Crippen LogP contribution in [-0.4, -0.2) is 28.6 Å². The number of carbonyl (C=O) groups is 2. The van der Waals surface area contributed by atoms with Gasteiger partial charge in [0.05, 0.1) is 0 Å². The Bertz CT molecular complexity index is 594. The van der Waals surface area contributed by atoms with E-state index in [9.17, 15) is 9.59 Å². The molecule has 2 aliphatic heterocycles. The van der Waals surface area contributed by atoms with Crippen LogP contribution in [0.25, 0.3) is 0 Å². The summed E-state index contributed by atoms with van der Waals surface area (Å²) in [7, 11) is 0. The van der Waals surface area contributed by atoms with Crippen LogP contribution >= 0.6 is 0 Å². The molecular weight excluding hydrogens is 286 g/mol. The molecule has 3 aliphatic carbocycles. The SMILES string of the molecule is C[C@H]1CCC2C(=O)C[C@@H]3C[C@@H]2N1C1=CC(=O)[C@@H]2CCCC[C@H]2[C@@H]13. The van der Waals surface area contributed by atoms with Gasteiger partial charge in [0.1, 0.15) is 5.78 Å². The maximum Gasteiger partial charge on any atom is 0.160 e. The topological polar surface area (TPSA) is 37.4 Å². The highest BCUT2D eigenvalue weighted by Gasteiger charge is 2.56. The fraction of sp³-hybridized carbons (Fsp3) is 0.800. The smallest absolute Gasteiger partial charge is 0.160 e. The average Bonchev–Trinajstić information content (AvgIpc) is 2.54. The largest absolute Gasteiger partial charge is 0.368 e. The van der Waals surface area contributed by atoms with E-state index >= 15 is 0 Å². The normalized spacial score (nSPS) is 48.5. The molecule has 0 aromatic carbocycles. The molecule has 3 heteroatoms. The average molecular weight is 313 g/mol. The molecule has 0 amide bonds. The standard InChI is InChI=1S/C20H27NO2/c1-11-6-7-15-16-8-12(9-18(15)22)20-14-5-3-2-4-13(14)19(23)10-17(20)21(11)16/h10-16,20H,2-9H2,1H3/t11-,12-,13+,14+,15?,16-,20-/m0/s1. The Balaban J connectivity index is 1.62. The molecule has 2 bridgehead atoms. The predicted octanol–water partition coefficient (Wildman–Crippen LogP) is 3.34. The second kappa shape index (κ2) is 4.94. The summed E-state index contributed by atoms with van der Waals surface area (Å²) < 4.78 is 0.